The van der Waals surface area contributed by atoms with E-state index >= 15 is 0 Å². The van der Waals surface area contributed by atoms with E-state index < -0.39 is 0 Å². The van der Waals surface area contributed by atoms with Gasteiger partial charge in [-0.15, -0.1) is 11.3 Å². The minimum atomic E-state index is 0.691. The van der Waals surface area contributed by atoms with Crippen molar-refractivity contribution in [1.29, 1.82) is 0 Å². The van der Waals surface area contributed by atoms with Crippen LogP contribution in [0.4, 0.5) is 0 Å². The molecule has 0 atom stereocenters. The van der Waals surface area contributed by atoms with Gasteiger partial charge < -0.3 is 9.73 Å². The molecule has 1 aliphatic rings. The van der Waals surface area contributed by atoms with Gasteiger partial charge in [-0.3, -0.25) is 4.98 Å². The molecule has 1 aliphatic carbocycles. The molecule has 2 aromatic heterocycles. The zero-order valence-corrected chi connectivity index (χ0v) is 8.96. The number of aromatic nitrogens is 2. The van der Waals surface area contributed by atoms with Gasteiger partial charge in [-0.2, -0.15) is 0 Å². The molecule has 4 nitrogen and oxygen atoms in total. The first kappa shape index (κ1) is 9.06. The van der Waals surface area contributed by atoms with Crippen LogP contribution in [0.5, 0.6) is 0 Å². The molecule has 1 saturated carbocycles. The first-order valence-electron chi connectivity index (χ1n) is 4.98. The van der Waals surface area contributed by atoms with Crippen LogP contribution in [0, 0.1) is 0 Å². The van der Waals surface area contributed by atoms with Gasteiger partial charge in [0.25, 0.3) is 0 Å². The quantitative estimate of drug-likeness (QED) is 0.858. The van der Waals surface area contributed by atoms with Crippen LogP contribution in [0.2, 0.25) is 0 Å². The van der Waals surface area contributed by atoms with Crippen molar-refractivity contribution in [3.05, 3.63) is 23.8 Å². The van der Waals surface area contributed by atoms with Gasteiger partial charge in [0.05, 0.1) is 10.4 Å². The molecule has 3 rings (SSSR count). The molecule has 2 aromatic rings. The second-order valence-corrected chi connectivity index (χ2v) is 4.54. The molecule has 0 radical (unpaired) electrons. The third kappa shape index (κ3) is 1.93. The number of oxazole rings is 1. The van der Waals surface area contributed by atoms with E-state index in [4.69, 9.17) is 4.42 Å². The highest BCUT2D eigenvalue weighted by Gasteiger charge is 2.21. The van der Waals surface area contributed by atoms with Gasteiger partial charge >= 0.3 is 0 Å². The predicted octanol–water partition coefficient (Wildman–Crippen LogP) is 2.05. The van der Waals surface area contributed by atoms with Crippen LogP contribution in [0.1, 0.15) is 18.5 Å². The Morgan fingerprint density at radius 3 is 3.20 bits per heavy atom. The van der Waals surface area contributed by atoms with Crippen molar-refractivity contribution in [3.63, 3.8) is 0 Å². The van der Waals surface area contributed by atoms with E-state index in [0.717, 1.165) is 22.9 Å². The summed E-state index contributed by atoms with van der Waals surface area (Å²) in [7, 11) is 0. The summed E-state index contributed by atoms with van der Waals surface area (Å²) in [6.45, 7) is 0.786. The Kier molecular flexibility index (Phi) is 2.26. The van der Waals surface area contributed by atoms with E-state index in [-0.39, 0.29) is 0 Å². The average Bonchev–Trinajstić information content (AvgIpc) is 2.79. The smallest absolute Gasteiger partial charge is 0.181 e. The molecule has 15 heavy (non-hydrogen) atoms. The molecule has 78 valence electrons. The van der Waals surface area contributed by atoms with Crippen molar-refractivity contribution >= 4 is 11.3 Å². The minimum Gasteiger partial charge on any atom is -0.442 e. The van der Waals surface area contributed by atoms with Crippen molar-refractivity contribution in [3.8, 4) is 10.6 Å². The molecular formula is C10H11N3OS. The van der Waals surface area contributed by atoms with Crippen LogP contribution in [-0.2, 0) is 6.54 Å². The number of nitrogens with zero attached hydrogens (tertiary/aromatic N) is 2. The summed E-state index contributed by atoms with van der Waals surface area (Å²) < 4.78 is 5.38. The summed E-state index contributed by atoms with van der Waals surface area (Å²) in [6, 6.07) is 0.691. The molecule has 0 saturated heterocycles. The van der Waals surface area contributed by atoms with Crippen molar-refractivity contribution in [1.82, 2.24) is 15.3 Å². The number of hydrogen-bond donors (Lipinski definition) is 1. The summed E-state index contributed by atoms with van der Waals surface area (Å²) in [5, 5.41) is 3.42. The summed E-state index contributed by atoms with van der Waals surface area (Å²) in [5.41, 5.74) is 2.78. The Morgan fingerprint density at radius 1 is 1.53 bits per heavy atom. The monoisotopic (exact) mass is 221 g/mol. The fourth-order valence-corrected chi connectivity index (χ4v) is 2.08. The number of nitrogens with one attached hydrogen (secondary N) is 1. The predicted molar refractivity (Wildman–Crippen MR) is 57.5 cm³/mol. The van der Waals surface area contributed by atoms with Gasteiger partial charge in [0, 0.05) is 18.8 Å². The van der Waals surface area contributed by atoms with Crippen LogP contribution >= 0.6 is 11.3 Å². The Hall–Kier alpha value is -1.20. The second-order valence-electron chi connectivity index (χ2n) is 3.65. The normalized spacial score (nSPS) is 15.7. The highest BCUT2D eigenvalue weighted by atomic mass is 32.1. The van der Waals surface area contributed by atoms with Crippen LogP contribution in [-0.4, -0.2) is 16.0 Å². The summed E-state index contributed by atoms with van der Waals surface area (Å²) in [5.74, 6) is 0.852. The lowest BCUT2D eigenvalue weighted by Crippen LogP contribution is -2.15. The maximum atomic E-state index is 5.38. The highest BCUT2D eigenvalue weighted by Crippen LogP contribution is 2.27. The number of thiazole rings is 1. The lowest BCUT2D eigenvalue weighted by molar-refractivity contribution is 0.570. The Bertz CT molecular complexity index is 433. The maximum absolute atomic E-state index is 5.38. The molecular weight excluding hydrogens is 210 g/mol. The first-order valence-corrected chi connectivity index (χ1v) is 5.86. The number of hydrogen-bond acceptors (Lipinski definition) is 5. The lowest BCUT2D eigenvalue weighted by atomic mass is 10.3. The van der Waals surface area contributed by atoms with Gasteiger partial charge in [0.1, 0.15) is 5.69 Å². The Morgan fingerprint density at radius 2 is 2.47 bits per heavy atom. The number of rotatable bonds is 4. The first-order chi connectivity index (χ1) is 7.43. The van der Waals surface area contributed by atoms with Crippen molar-refractivity contribution in [2.75, 3.05) is 0 Å². The molecule has 0 amide bonds. The van der Waals surface area contributed by atoms with E-state index in [1.807, 2.05) is 6.20 Å². The standard InChI is InChI=1S/C10H11N3OS/c1-2-7(1)12-3-8-10(14-5-13-8)9-4-11-6-15-9/h4-7,12H,1-3H2. The minimum absolute atomic E-state index is 0.691. The van der Waals surface area contributed by atoms with Gasteiger partial charge in [-0.25, -0.2) is 4.98 Å². The lowest BCUT2D eigenvalue weighted by Gasteiger charge is -1.99. The summed E-state index contributed by atoms with van der Waals surface area (Å²) in [6.07, 6.45) is 5.88. The van der Waals surface area contributed by atoms with Crippen molar-refractivity contribution in [2.24, 2.45) is 0 Å². The molecule has 0 bridgehead atoms. The maximum Gasteiger partial charge on any atom is 0.181 e. The summed E-state index contributed by atoms with van der Waals surface area (Å²) >= 11 is 1.57. The molecule has 0 spiro atoms. The van der Waals surface area contributed by atoms with E-state index in [0.29, 0.717) is 6.04 Å². The van der Waals surface area contributed by atoms with Gasteiger partial charge in [0.2, 0.25) is 0 Å². The molecule has 0 aromatic carbocycles. The summed E-state index contributed by atoms with van der Waals surface area (Å²) in [4.78, 5) is 9.30. The average molecular weight is 221 g/mol. The Balaban J connectivity index is 1.79. The van der Waals surface area contributed by atoms with Crippen LogP contribution in [0.25, 0.3) is 10.6 Å². The van der Waals surface area contributed by atoms with E-state index in [2.05, 4.69) is 15.3 Å². The largest absolute Gasteiger partial charge is 0.442 e. The molecule has 2 heterocycles. The van der Waals surface area contributed by atoms with Crippen molar-refractivity contribution in [2.45, 2.75) is 25.4 Å². The van der Waals surface area contributed by atoms with E-state index in [1.54, 1.807) is 16.8 Å². The van der Waals surface area contributed by atoms with E-state index in [9.17, 15) is 0 Å². The topological polar surface area (TPSA) is 51.0 Å². The molecule has 0 unspecified atom stereocenters. The Labute approximate surface area is 91.4 Å². The fraction of sp³-hybridized carbons (Fsp3) is 0.400. The van der Waals surface area contributed by atoms with Crippen LogP contribution in [0.3, 0.4) is 0 Å². The highest BCUT2D eigenvalue weighted by molar-refractivity contribution is 7.13. The second kappa shape index (κ2) is 3.75. The third-order valence-electron chi connectivity index (χ3n) is 2.43. The van der Waals surface area contributed by atoms with Crippen LogP contribution in [0.15, 0.2) is 22.5 Å². The van der Waals surface area contributed by atoms with Crippen LogP contribution < -0.4 is 5.32 Å². The zero-order valence-electron chi connectivity index (χ0n) is 8.14. The SMILES string of the molecule is c1nc(CNC2CC2)c(-c2cncs2)o1. The molecule has 0 aliphatic heterocycles. The zero-order chi connectivity index (χ0) is 10.1. The van der Waals surface area contributed by atoms with E-state index in [1.165, 1.54) is 19.2 Å². The molecule has 1 fully saturated rings. The fourth-order valence-electron chi connectivity index (χ4n) is 1.45. The van der Waals surface area contributed by atoms with Gasteiger partial charge in [-0.05, 0) is 12.8 Å². The third-order valence-corrected chi connectivity index (χ3v) is 3.20. The van der Waals surface area contributed by atoms with Gasteiger partial charge in [-0.1, -0.05) is 0 Å². The van der Waals surface area contributed by atoms with Crippen molar-refractivity contribution < 1.29 is 4.42 Å². The molecule has 1 N–H and O–H groups in total. The van der Waals surface area contributed by atoms with Gasteiger partial charge in [0.15, 0.2) is 12.2 Å². The molecule has 5 heteroatoms.